The van der Waals surface area contributed by atoms with Gasteiger partial charge in [-0.05, 0) is 43.2 Å². The van der Waals surface area contributed by atoms with Gasteiger partial charge in [-0.15, -0.1) is 11.3 Å². The van der Waals surface area contributed by atoms with Crippen LogP contribution >= 0.6 is 22.9 Å². The quantitative estimate of drug-likeness (QED) is 0.453. The van der Waals surface area contributed by atoms with Crippen LogP contribution in [0.5, 0.6) is 11.5 Å². The van der Waals surface area contributed by atoms with E-state index in [1.54, 1.807) is 12.1 Å². The van der Waals surface area contributed by atoms with Crippen LogP contribution in [0, 0.1) is 0 Å². The monoisotopic (exact) mass is 451 g/mol. The average molecular weight is 452 g/mol. The predicted octanol–water partition coefficient (Wildman–Crippen LogP) is 7.27. The molecule has 0 saturated carbocycles. The van der Waals surface area contributed by atoms with Crippen LogP contribution in [-0.4, -0.2) is 17.4 Å². The summed E-state index contributed by atoms with van der Waals surface area (Å²) in [7, 11) is 0. The van der Waals surface area contributed by atoms with Crippen molar-refractivity contribution >= 4 is 33.9 Å². The Kier molecular flexibility index (Phi) is 5.97. The van der Waals surface area contributed by atoms with E-state index < -0.39 is 11.7 Å². The molecule has 1 N–H and O–H groups in total. The van der Waals surface area contributed by atoms with E-state index in [0.717, 1.165) is 37.7 Å². The molecule has 30 heavy (non-hydrogen) atoms. The van der Waals surface area contributed by atoms with Gasteiger partial charge in [-0.3, -0.25) is 4.99 Å². The molecule has 0 saturated heterocycles. The van der Waals surface area contributed by atoms with Gasteiger partial charge in [-0.25, -0.2) is 4.98 Å². The van der Waals surface area contributed by atoms with Gasteiger partial charge in [-0.2, -0.15) is 13.2 Å². The minimum absolute atomic E-state index is 0.0457. The fourth-order valence-corrected chi connectivity index (χ4v) is 4.01. The Hall–Kier alpha value is -2.58. The fraction of sp³-hybridized carbons (Fsp3) is 0.238. The van der Waals surface area contributed by atoms with Crippen molar-refractivity contribution in [3.05, 3.63) is 58.4 Å². The zero-order valence-corrected chi connectivity index (χ0v) is 17.2. The van der Waals surface area contributed by atoms with Crippen LogP contribution in [-0.2, 0) is 6.18 Å². The smallest absolute Gasteiger partial charge is 0.417 e. The van der Waals surface area contributed by atoms with Crippen LogP contribution in [0.15, 0.2) is 52.8 Å². The first-order chi connectivity index (χ1) is 14.4. The van der Waals surface area contributed by atoms with E-state index in [4.69, 9.17) is 16.3 Å². The predicted molar refractivity (Wildman–Crippen MR) is 114 cm³/mol. The molecular weight excluding hydrogens is 435 g/mol. The largest absolute Gasteiger partial charge is 0.457 e. The summed E-state index contributed by atoms with van der Waals surface area (Å²) in [5.41, 5.74) is 0.406. The minimum atomic E-state index is -4.56. The maximum Gasteiger partial charge on any atom is 0.417 e. The SMILES string of the molecule is FC(F)(F)c1cc(Oc2ccccc2-c2csc(NC3=NCCCC3)n2)ccc1Cl. The van der Waals surface area contributed by atoms with Crippen molar-refractivity contribution in [3.8, 4) is 22.8 Å². The van der Waals surface area contributed by atoms with E-state index >= 15 is 0 Å². The highest BCUT2D eigenvalue weighted by atomic mass is 35.5. The summed E-state index contributed by atoms with van der Waals surface area (Å²) in [5, 5.41) is 5.46. The summed E-state index contributed by atoms with van der Waals surface area (Å²) in [6.45, 7) is 0.818. The molecule has 2 heterocycles. The number of hydrogen-bond acceptors (Lipinski definition) is 5. The molecule has 0 atom stereocenters. The molecule has 4 nitrogen and oxygen atoms in total. The van der Waals surface area contributed by atoms with E-state index in [2.05, 4.69) is 15.3 Å². The normalized spacial score (nSPS) is 14.3. The lowest BCUT2D eigenvalue weighted by molar-refractivity contribution is -0.137. The van der Waals surface area contributed by atoms with Gasteiger partial charge in [0.15, 0.2) is 5.13 Å². The summed E-state index contributed by atoms with van der Waals surface area (Å²) in [4.78, 5) is 9.05. The maximum atomic E-state index is 13.1. The highest BCUT2D eigenvalue weighted by molar-refractivity contribution is 7.14. The van der Waals surface area contributed by atoms with Crippen LogP contribution in [0.25, 0.3) is 11.3 Å². The van der Waals surface area contributed by atoms with Gasteiger partial charge in [0.2, 0.25) is 0 Å². The molecule has 0 radical (unpaired) electrons. The number of halogens is 4. The van der Waals surface area contributed by atoms with E-state index in [9.17, 15) is 13.2 Å². The van der Waals surface area contributed by atoms with Gasteiger partial charge in [0, 0.05) is 23.9 Å². The fourth-order valence-electron chi connectivity index (χ4n) is 3.06. The Balaban J connectivity index is 1.59. The average Bonchev–Trinajstić information content (AvgIpc) is 3.18. The van der Waals surface area contributed by atoms with Crippen LogP contribution in [0.4, 0.5) is 18.3 Å². The van der Waals surface area contributed by atoms with Crippen LogP contribution in [0.2, 0.25) is 5.02 Å². The van der Waals surface area contributed by atoms with Gasteiger partial charge in [0.25, 0.3) is 0 Å². The molecule has 1 aromatic heterocycles. The molecule has 3 aromatic rings. The third-order valence-electron chi connectivity index (χ3n) is 4.51. The van der Waals surface area contributed by atoms with Crippen LogP contribution < -0.4 is 10.1 Å². The van der Waals surface area contributed by atoms with Crippen molar-refractivity contribution in [1.82, 2.24) is 4.98 Å². The Morgan fingerprint density at radius 2 is 1.93 bits per heavy atom. The van der Waals surface area contributed by atoms with Crippen molar-refractivity contribution in [2.75, 3.05) is 11.9 Å². The van der Waals surface area contributed by atoms with Gasteiger partial charge in [0.05, 0.1) is 16.3 Å². The summed E-state index contributed by atoms with van der Waals surface area (Å²) < 4.78 is 45.2. The number of rotatable bonds is 4. The number of nitrogens with one attached hydrogen (secondary N) is 1. The van der Waals surface area contributed by atoms with Crippen molar-refractivity contribution in [1.29, 1.82) is 0 Å². The third kappa shape index (κ3) is 4.76. The number of nitrogens with zero attached hydrogens (tertiary/aromatic N) is 2. The van der Waals surface area contributed by atoms with Gasteiger partial charge in [0.1, 0.15) is 17.3 Å². The first-order valence-electron chi connectivity index (χ1n) is 9.30. The zero-order valence-electron chi connectivity index (χ0n) is 15.7. The molecule has 1 aliphatic rings. The van der Waals surface area contributed by atoms with Gasteiger partial charge in [-0.1, -0.05) is 23.7 Å². The molecule has 4 rings (SSSR count). The topological polar surface area (TPSA) is 46.5 Å². The number of benzene rings is 2. The summed E-state index contributed by atoms with van der Waals surface area (Å²) >= 11 is 7.13. The summed E-state index contributed by atoms with van der Waals surface area (Å²) in [6, 6.07) is 10.6. The lowest BCUT2D eigenvalue weighted by atomic mass is 10.1. The Morgan fingerprint density at radius 1 is 1.10 bits per heavy atom. The second-order valence-corrected chi connectivity index (χ2v) is 7.95. The van der Waals surface area contributed by atoms with Crippen LogP contribution in [0.1, 0.15) is 24.8 Å². The maximum absolute atomic E-state index is 13.1. The van der Waals surface area contributed by atoms with Gasteiger partial charge < -0.3 is 10.1 Å². The molecular formula is C21H17ClF3N3OS. The number of amidine groups is 1. The summed E-state index contributed by atoms with van der Waals surface area (Å²) in [5.74, 6) is 1.37. The van der Waals surface area contributed by atoms with Gasteiger partial charge >= 0.3 is 6.18 Å². The Morgan fingerprint density at radius 3 is 2.70 bits per heavy atom. The standard InChI is InChI=1S/C21H17ClF3N3OS/c22-16-9-8-13(11-15(16)21(23,24)25)29-18-6-2-1-5-14(18)17-12-30-20(27-17)28-19-7-3-4-10-26-19/h1-2,5-6,8-9,11-12H,3-4,7,10H2,(H,26,27,28). The van der Waals surface area contributed by atoms with E-state index in [-0.39, 0.29) is 10.8 Å². The highest BCUT2D eigenvalue weighted by Gasteiger charge is 2.33. The van der Waals surface area contributed by atoms with Crippen LogP contribution in [0.3, 0.4) is 0 Å². The molecule has 0 spiro atoms. The second kappa shape index (κ2) is 8.65. The minimum Gasteiger partial charge on any atom is -0.457 e. The highest BCUT2D eigenvalue weighted by Crippen LogP contribution is 2.39. The van der Waals surface area contributed by atoms with Crippen molar-refractivity contribution in [2.45, 2.75) is 25.4 Å². The molecule has 156 valence electrons. The number of ether oxygens (including phenoxy) is 1. The number of anilines is 1. The number of para-hydroxylation sites is 1. The van der Waals surface area contributed by atoms with E-state index in [0.29, 0.717) is 22.1 Å². The molecule has 1 aliphatic heterocycles. The van der Waals surface area contributed by atoms with Crippen molar-refractivity contribution < 1.29 is 17.9 Å². The second-order valence-electron chi connectivity index (χ2n) is 6.69. The molecule has 0 unspecified atom stereocenters. The molecule has 0 amide bonds. The molecule has 2 aromatic carbocycles. The molecule has 9 heteroatoms. The Labute approximate surface area is 180 Å². The van der Waals surface area contributed by atoms with Crippen molar-refractivity contribution in [2.24, 2.45) is 4.99 Å². The zero-order chi connectivity index (χ0) is 21.1. The molecule has 0 bridgehead atoms. The molecule has 0 aliphatic carbocycles. The number of aliphatic imine (C=N–C) groups is 1. The van der Waals surface area contributed by atoms with Crippen molar-refractivity contribution in [3.63, 3.8) is 0 Å². The van der Waals surface area contributed by atoms with E-state index in [1.807, 2.05) is 17.5 Å². The molecule has 0 fully saturated rings. The first-order valence-corrected chi connectivity index (χ1v) is 10.6. The first kappa shape index (κ1) is 20.7. The third-order valence-corrected chi connectivity index (χ3v) is 5.60. The lowest BCUT2D eigenvalue weighted by Gasteiger charge is -2.13. The Bertz CT molecular complexity index is 1080. The lowest BCUT2D eigenvalue weighted by Crippen LogP contribution is -2.15. The number of hydrogen-bond donors (Lipinski definition) is 1. The van der Waals surface area contributed by atoms with E-state index in [1.165, 1.54) is 23.5 Å². The number of aromatic nitrogens is 1. The number of thiazole rings is 1. The number of alkyl halides is 3. The summed E-state index contributed by atoms with van der Waals surface area (Å²) in [6.07, 6.45) is -1.47.